The van der Waals surface area contributed by atoms with Crippen LogP contribution in [0.1, 0.15) is 0 Å². The highest BCUT2D eigenvalue weighted by atomic mass is 32.2. The number of phenolic OH excluding ortho intramolecular Hbond substituents is 1. The van der Waals surface area contributed by atoms with Crippen LogP contribution in [0.3, 0.4) is 0 Å². The van der Waals surface area contributed by atoms with Crippen molar-refractivity contribution in [2.45, 2.75) is 0 Å². The largest absolute Gasteiger partial charge is 0.505 e. The Morgan fingerprint density at radius 2 is 1.85 bits per heavy atom. The molecule has 0 bridgehead atoms. The molecular weight excluding hydrogens is 380 g/mol. The molecule has 1 aromatic heterocycles. The van der Waals surface area contributed by atoms with Crippen molar-refractivity contribution in [2.24, 2.45) is 0 Å². The van der Waals surface area contributed by atoms with E-state index in [0.717, 1.165) is 6.07 Å². The second-order valence-electron chi connectivity index (χ2n) is 5.22. The summed E-state index contributed by atoms with van der Waals surface area (Å²) in [7, 11) is 0. The summed E-state index contributed by atoms with van der Waals surface area (Å²) in [5, 5.41) is 9.49. The average Bonchev–Trinajstić information content (AvgIpc) is 2.64. The number of ether oxygens (including phenoxy) is 1. The minimum absolute atomic E-state index is 0.0940. The van der Waals surface area contributed by atoms with Crippen LogP contribution in [0.5, 0.6) is 17.4 Å². The number of halogens is 2. The Balaban J connectivity index is 1.85. The van der Waals surface area contributed by atoms with Crippen molar-refractivity contribution in [3.8, 4) is 28.6 Å². The van der Waals surface area contributed by atoms with Gasteiger partial charge >= 0.3 is 0 Å². The van der Waals surface area contributed by atoms with E-state index >= 15 is 0 Å². The monoisotopic (exact) mass is 393 g/mol. The van der Waals surface area contributed by atoms with Gasteiger partial charge < -0.3 is 15.3 Å². The van der Waals surface area contributed by atoms with Gasteiger partial charge in [-0.05, 0) is 30.3 Å². The number of hydrazine groups is 1. The van der Waals surface area contributed by atoms with Crippen molar-refractivity contribution >= 4 is 17.0 Å². The summed E-state index contributed by atoms with van der Waals surface area (Å²) in [6, 6.07) is 12.5. The second kappa shape index (κ2) is 8.08. The van der Waals surface area contributed by atoms with Gasteiger partial charge in [-0.3, -0.25) is 4.55 Å². The first-order valence-electron chi connectivity index (χ1n) is 7.49. The lowest BCUT2D eigenvalue weighted by atomic mass is 10.1. The number of phenols is 1. The molecule has 3 rings (SSSR count). The van der Waals surface area contributed by atoms with Crippen LogP contribution in [-0.4, -0.2) is 18.9 Å². The number of aromatic nitrogens is 1. The number of nitrogens with one attached hydrogen (secondary N) is 2. The number of anilines is 1. The third-order valence-corrected chi connectivity index (χ3v) is 3.69. The molecule has 3 aromatic rings. The highest BCUT2D eigenvalue weighted by Crippen LogP contribution is 2.30. The number of hydrogen-bond donors (Lipinski definition) is 4. The van der Waals surface area contributed by atoms with Crippen LogP contribution in [0.4, 0.5) is 14.5 Å². The molecule has 140 valence electrons. The molecule has 1 heterocycles. The van der Waals surface area contributed by atoms with Gasteiger partial charge in [-0.15, -0.1) is 4.83 Å². The van der Waals surface area contributed by atoms with Crippen LogP contribution in [0.25, 0.3) is 11.3 Å². The number of rotatable bonds is 6. The number of benzene rings is 2. The molecule has 0 fully saturated rings. The van der Waals surface area contributed by atoms with Gasteiger partial charge in [-0.25, -0.2) is 18.0 Å². The van der Waals surface area contributed by atoms with Gasteiger partial charge in [0.15, 0.2) is 11.6 Å². The summed E-state index contributed by atoms with van der Waals surface area (Å²) in [5.41, 5.74) is 2.45. The van der Waals surface area contributed by atoms with E-state index in [1.807, 2.05) is 4.83 Å². The first-order chi connectivity index (χ1) is 12.9. The molecule has 0 aliphatic rings. The molecule has 4 N–H and O–H groups in total. The quantitative estimate of drug-likeness (QED) is 0.377. The first kappa shape index (κ1) is 18.7. The molecule has 10 heteroatoms. The molecule has 0 aliphatic carbocycles. The maximum absolute atomic E-state index is 14.1. The molecule has 0 aliphatic heterocycles. The van der Waals surface area contributed by atoms with Crippen molar-refractivity contribution < 1.29 is 27.4 Å². The smallest absolute Gasteiger partial charge is 0.250 e. The summed E-state index contributed by atoms with van der Waals surface area (Å²) >= 11 is -2.38. The predicted molar refractivity (Wildman–Crippen MR) is 95.3 cm³/mol. The highest BCUT2D eigenvalue weighted by molar-refractivity contribution is 7.77. The standard InChI is InChI=1S/C17H13F2N3O4S/c18-12-8-7-10(9-14(12)21-22-27(24)25)26-16-6-2-4-13(20-16)11-3-1-5-15(23)17(11)19/h1-9,21-23H,(H,24,25). The fraction of sp³-hybridized carbons (Fsp3) is 0. The van der Waals surface area contributed by atoms with Crippen LogP contribution in [-0.2, 0) is 11.3 Å². The van der Waals surface area contributed by atoms with E-state index in [0.29, 0.717) is 0 Å². The number of aromatic hydroxyl groups is 1. The second-order valence-corrected chi connectivity index (χ2v) is 5.92. The van der Waals surface area contributed by atoms with E-state index in [1.54, 1.807) is 12.1 Å². The van der Waals surface area contributed by atoms with Crippen molar-refractivity contribution in [1.82, 2.24) is 9.82 Å². The van der Waals surface area contributed by atoms with Crippen molar-refractivity contribution in [1.29, 1.82) is 0 Å². The van der Waals surface area contributed by atoms with Crippen LogP contribution >= 0.6 is 0 Å². The Morgan fingerprint density at radius 3 is 2.63 bits per heavy atom. The molecule has 0 amide bonds. The Bertz CT molecular complexity index is 1000. The zero-order valence-electron chi connectivity index (χ0n) is 13.5. The summed E-state index contributed by atoms with van der Waals surface area (Å²) < 4.78 is 52.6. The molecule has 0 spiro atoms. The lowest BCUT2D eigenvalue weighted by molar-refractivity contribution is 0.433. The van der Waals surface area contributed by atoms with Gasteiger partial charge in [0.2, 0.25) is 17.1 Å². The number of pyridine rings is 1. The minimum Gasteiger partial charge on any atom is -0.505 e. The van der Waals surface area contributed by atoms with E-state index in [4.69, 9.17) is 9.29 Å². The number of nitrogens with zero attached hydrogens (tertiary/aromatic N) is 1. The van der Waals surface area contributed by atoms with Gasteiger partial charge in [-0.2, -0.15) is 0 Å². The highest BCUT2D eigenvalue weighted by Gasteiger charge is 2.12. The van der Waals surface area contributed by atoms with Gasteiger partial charge in [0.1, 0.15) is 11.6 Å². The maximum Gasteiger partial charge on any atom is 0.250 e. The molecule has 7 nitrogen and oxygen atoms in total. The topological polar surface area (TPSA) is 104 Å². The molecule has 2 aromatic carbocycles. The first-order valence-corrected chi connectivity index (χ1v) is 8.59. The molecule has 27 heavy (non-hydrogen) atoms. The third-order valence-electron chi connectivity index (χ3n) is 3.41. The van der Waals surface area contributed by atoms with Crippen molar-refractivity contribution in [3.63, 3.8) is 0 Å². The predicted octanol–water partition coefficient (Wildman–Crippen LogP) is 3.58. The summed E-state index contributed by atoms with van der Waals surface area (Å²) in [6.07, 6.45) is 0. The Morgan fingerprint density at radius 1 is 1.07 bits per heavy atom. The maximum atomic E-state index is 14.1. The van der Waals surface area contributed by atoms with E-state index in [9.17, 15) is 18.1 Å². The molecular formula is C17H13F2N3O4S. The lowest BCUT2D eigenvalue weighted by Crippen LogP contribution is -2.23. The zero-order chi connectivity index (χ0) is 19.4. The SMILES string of the molecule is O=S(O)NNc1cc(Oc2cccc(-c3cccc(O)c3F)n2)ccc1F. The third kappa shape index (κ3) is 4.56. The van der Waals surface area contributed by atoms with E-state index in [2.05, 4.69) is 10.4 Å². The zero-order valence-corrected chi connectivity index (χ0v) is 14.3. The Kier molecular flexibility index (Phi) is 5.60. The fourth-order valence-electron chi connectivity index (χ4n) is 2.22. The van der Waals surface area contributed by atoms with Crippen LogP contribution in [0.2, 0.25) is 0 Å². The summed E-state index contributed by atoms with van der Waals surface area (Å²) in [6.45, 7) is 0. The Labute approximate surface area is 155 Å². The normalized spacial score (nSPS) is 11.8. The van der Waals surface area contributed by atoms with Crippen LogP contribution < -0.4 is 15.0 Å². The van der Waals surface area contributed by atoms with Gasteiger partial charge in [0, 0.05) is 17.7 Å². The van der Waals surface area contributed by atoms with Crippen LogP contribution in [0, 0.1) is 11.6 Å². The van der Waals surface area contributed by atoms with Gasteiger partial charge in [-0.1, -0.05) is 12.1 Å². The summed E-state index contributed by atoms with van der Waals surface area (Å²) in [5.74, 6) is -1.69. The van der Waals surface area contributed by atoms with Crippen LogP contribution in [0.15, 0.2) is 54.6 Å². The minimum atomic E-state index is -2.38. The fourth-order valence-corrected chi connectivity index (χ4v) is 2.42. The summed E-state index contributed by atoms with van der Waals surface area (Å²) in [4.78, 5) is 6.11. The van der Waals surface area contributed by atoms with Gasteiger partial charge in [0.25, 0.3) is 0 Å². The van der Waals surface area contributed by atoms with E-state index in [-0.39, 0.29) is 28.6 Å². The molecule has 0 radical (unpaired) electrons. The number of hydrogen-bond acceptors (Lipinski definition) is 5. The molecule has 1 atom stereocenters. The van der Waals surface area contributed by atoms with Gasteiger partial charge in [0.05, 0.1) is 11.4 Å². The van der Waals surface area contributed by atoms with E-state index < -0.39 is 28.7 Å². The van der Waals surface area contributed by atoms with Crippen molar-refractivity contribution in [2.75, 3.05) is 5.43 Å². The molecule has 0 saturated heterocycles. The molecule has 1 unspecified atom stereocenters. The lowest BCUT2D eigenvalue weighted by Gasteiger charge is -2.10. The molecule has 0 saturated carbocycles. The van der Waals surface area contributed by atoms with E-state index in [1.165, 1.54) is 36.4 Å². The Hall–Kier alpha value is -3.08. The van der Waals surface area contributed by atoms with Crippen molar-refractivity contribution in [3.05, 3.63) is 66.2 Å². The average molecular weight is 393 g/mol.